The molecule has 3 aromatic heterocycles. The summed E-state index contributed by atoms with van der Waals surface area (Å²) in [6, 6.07) is 12.2. The number of pyridine rings is 1. The highest BCUT2D eigenvalue weighted by Crippen LogP contribution is 2.29. The summed E-state index contributed by atoms with van der Waals surface area (Å²) in [6.07, 6.45) is 8.07. The first-order valence-electron chi connectivity index (χ1n) is 9.33. The molecule has 0 fully saturated rings. The van der Waals surface area contributed by atoms with Gasteiger partial charge in [0, 0.05) is 37.1 Å². The number of thiazole rings is 1. The minimum Gasteiger partial charge on any atom is -0.346 e. The Hall–Kier alpha value is -3.32. The van der Waals surface area contributed by atoms with Crippen LogP contribution in [-0.4, -0.2) is 19.1 Å². The van der Waals surface area contributed by atoms with E-state index < -0.39 is 0 Å². The summed E-state index contributed by atoms with van der Waals surface area (Å²) >= 11 is 1.50. The van der Waals surface area contributed by atoms with Gasteiger partial charge in [0.2, 0.25) is 0 Å². The van der Waals surface area contributed by atoms with Crippen molar-refractivity contribution >= 4 is 32.5 Å². The highest BCUT2D eigenvalue weighted by molar-refractivity contribution is 7.21. The van der Waals surface area contributed by atoms with E-state index >= 15 is 0 Å². The zero-order valence-electron chi connectivity index (χ0n) is 15.5. The lowest BCUT2D eigenvalue weighted by Crippen LogP contribution is -2.13. The van der Waals surface area contributed by atoms with Crippen LogP contribution in [0.4, 0.5) is 4.39 Å². The van der Waals surface area contributed by atoms with Gasteiger partial charge in [0.25, 0.3) is 0 Å². The predicted octanol–water partition coefficient (Wildman–Crippen LogP) is 4.70. The fourth-order valence-corrected chi connectivity index (χ4v) is 4.50. The molecule has 0 bridgehead atoms. The molecule has 0 aliphatic heterocycles. The molecule has 29 heavy (non-hydrogen) atoms. The third kappa shape index (κ3) is 3.34. The van der Waals surface area contributed by atoms with E-state index in [0.29, 0.717) is 28.0 Å². The summed E-state index contributed by atoms with van der Waals surface area (Å²) in [5.74, 6) is -0.354. The van der Waals surface area contributed by atoms with Gasteiger partial charge in [-0.15, -0.1) is 11.3 Å². The summed E-state index contributed by atoms with van der Waals surface area (Å²) in [6.45, 7) is 1.44. The van der Waals surface area contributed by atoms with Crippen molar-refractivity contribution in [2.24, 2.45) is 0 Å². The van der Waals surface area contributed by atoms with E-state index in [4.69, 9.17) is 0 Å². The number of benzene rings is 2. The minimum atomic E-state index is -0.354. The van der Waals surface area contributed by atoms with E-state index in [9.17, 15) is 9.18 Å². The molecule has 0 N–H and O–H groups in total. The molecule has 0 aliphatic carbocycles. The lowest BCUT2D eigenvalue weighted by Gasteiger charge is -2.13. The highest BCUT2D eigenvalue weighted by Gasteiger charge is 2.15. The van der Waals surface area contributed by atoms with Gasteiger partial charge in [-0.2, -0.15) is 0 Å². The molecule has 0 saturated carbocycles. The van der Waals surface area contributed by atoms with Crippen molar-refractivity contribution in [2.45, 2.75) is 19.5 Å². The summed E-state index contributed by atoms with van der Waals surface area (Å²) in [7, 11) is 0. The van der Waals surface area contributed by atoms with Crippen molar-refractivity contribution in [1.82, 2.24) is 19.1 Å². The standard InChI is InChI=1S/C22H17FN4OS/c23-15-6-7-16-19(12-15)27(10-3-9-26-11-8-24-14-26)13-17(21(16)28)22-25-18-4-1-2-5-20(18)29-22/h1-2,4-8,11-14H,3,9-10H2. The van der Waals surface area contributed by atoms with Crippen LogP contribution in [0.25, 0.3) is 31.7 Å². The molecule has 0 unspecified atom stereocenters. The van der Waals surface area contributed by atoms with Gasteiger partial charge in [-0.3, -0.25) is 4.79 Å². The Labute approximate surface area is 169 Å². The predicted molar refractivity (Wildman–Crippen MR) is 114 cm³/mol. The van der Waals surface area contributed by atoms with Gasteiger partial charge < -0.3 is 9.13 Å². The second kappa shape index (κ2) is 7.25. The van der Waals surface area contributed by atoms with Gasteiger partial charge in [0.05, 0.1) is 27.6 Å². The lowest BCUT2D eigenvalue weighted by molar-refractivity contribution is 0.570. The molecule has 5 rings (SSSR count). The fourth-order valence-electron chi connectivity index (χ4n) is 3.53. The summed E-state index contributed by atoms with van der Waals surface area (Å²) < 4.78 is 18.9. The molecule has 0 saturated heterocycles. The number of nitrogens with zero attached hydrogens (tertiary/aromatic N) is 4. The van der Waals surface area contributed by atoms with Crippen LogP contribution in [0.2, 0.25) is 0 Å². The summed E-state index contributed by atoms with van der Waals surface area (Å²) in [4.78, 5) is 21.9. The third-order valence-corrected chi connectivity index (χ3v) is 6.01. The monoisotopic (exact) mass is 404 g/mol. The van der Waals surface area contributed by atoms with Crippen LogP contribution in [0.3, 0.4) is 0 Å². The van der Waals surface area contributed by atoms with Crippen LogP contribution >= 0.6 is 11.3 Å². The first kappa shape index (κ1) is 17.8. The average molecular weight is 404 g/mol. The van der Waals surface area contributed by atoms with Gasteiger partial charge in [-0.25, -0.2) is 14.4 Å². The van der Waals surface area contributed by atoms with E-state index in [-0.39, 0.29) is 11.2 Å². The zero-order chi connectivity index (χ0) is 19.8. The maximum atomic E-state index is 13.9. The fraction of sp³-hybridized carbons (Fsp3) is 0.136. The average Bonchev–Trinajstić information content (AvgIpc) is 3.39. The van der Waals surface area contributed by atoms with E-state index in [1.165, 1.54) is 23.5 Å². The topological polar surface area (TPSA) is 52.7 Å². The third-order valence-electron chi connectivity index (χ3n) is 4.94. The number of hydrogen-bond donors (Lipinski definition) is 0. The maximum absolute atomic E-state index is 13.9. The number of hydrogen-bond acceptors (Lipinski definition) is 4. The van der Waals surface area contributed by atoms with Crippen LogP contribution in [0, 0.1) is 5.82 Å². The first-order valence-corrected chi connectivity index (χ1v) is 10.1. The van der Waals surface area contributed by atoms with Crippen molar-refractivity contribution in [3.63, 3.8) is 0 Å². The highest BCUT2D eigenvalue weighted by atomic mass is 32.1. The van der Waals surface area contributed by atoms with Gasteiger partial charge in [-0.1, -0.05) is 12.1 Å². The quantitative estimate of drug-likeness (QED) is 0.427. The zero-order valence-corrected chi connectivity index (χ0v) is 16.3. The SMILES string of the molecule is O=c1c(-c2nc3ccccc3s2)cn(CCCn2ccnc2)c2cc(F)ccc12. The molecule has 0 aliphatic rings. The van der Waals surface area contributed by atoms with Gasteiger partial charge in [-0.05, 0) is 36.8 Å². The molecule has 5 aromatic rings. The Morgan fingerprint density at radius 3 is 2.83 bits per heavy atom. The number of para-hydroxylation sites is 1. The minimum absolute atomic E-state index is 0.120. The summed E-state index contributed by atoms with van der Waals surface area (Å²) in [5.41, 5.74) is 1.90. The molecule has 0 atom stereocenters. The van der Waals surface area contributed by atoms with Crippen molar-refractivity contribution in [2.75, 3.05) is 0 Å². The van der Waals surface area contributed by atoms with E-state index in [2.05, 4.69) is 9.97 Å². The Balaban J connectivity index is 1.61. The molecule has 5 nitrogen and oxygen atoms in total. The van der Waals surface area contributed by atoms with Crippen molar-refractivity contribution < 1.29 is 4.39 Å². The second-order valence-electron chi connectivity index (χ2n) is 6.87. The molecule has 0 spiro atoms. The Morgan fingerprint density at radius 1 is 1.10 bits per heavy atom. The van der Waals surface area contributed by atoms with Crippen LogP contribution in [0.1, 0.15) is 6.42 Å². The van der Waals surface area contributed by atoms with E-state index in [1.54, 1.807) is 18.6 Å². The Morgan fingerprint density at radius 2 is 2.00 bits per heavy atom. The van der Waals surface area contributed by atoms with Crippen LogP contribution in [0.5, 0.6) is 0 Å². The van der Waals surface area contributed by atoms with Crippen LogP contribution < -0.4 is 5.43 Å². The van der Waals surface area contributed by atoms with Gasteiger partial charge in [0.15, 0.2) is 5.43 Å². The lowest BCUT2D eigenvalue weighted by atomic mass is 10.1. The molecular weight excluding hydrogens is 387 g/mol. The van der Waals surface area contributed by atoms with E-state index in [1.807, 2.05) is 45.8 Å². The number of aryl methyl sites for hydroxylation is 2. The number of rotatable bonds is 5. The second-order valence-corrected chi connectivity index (χ2v) is 7.90. The van der Waals surface area contributed by atoms with Gasteiger partial charge in [0.1, 0.15) is 10.8 Å². The molecule has 144 valence electrons. The number of fused-ring (bicyclic) bond motifs is 2. The molecule has 2 aromatic carbocycles. The van der Waals surface area contributed by atoms with Gasteiger partial charge >= 0.3 is 0 Å². The molecule has 0 radical (unpaired) electrons. The first-order chi connectivity index (χ1) is 14.2. The largest absolute Gasteiger partial charge is 0.346 e. The van der Waals surface area contributed by atoms with Crippen molar-refractivity contribution in [3.8, 4) is 10.6 Å². The smallest absolute Gasteiger partial charge is 0.199 e. The molecular formula is C22H17FN4OS. The number of halogens is 1. The van der Waals surface area contributed by atoms with Crippen molar-refractivity contribution in [1.29, 1.82) is 0 Å². The molecule has 0 amide bonds. The van der Waals surface area contributed by atoms with Crippen LogP contribution in [-0.2, 0) is 13.1 Å². The van der Waals surface area contributed by atoms with Crippen molar-refractivity contribution in [3.05, 3.63) is 83.4 Å². The number of imidazole rings is 1. The molecule has 3 heterocycles. The van der Waals surface area contributed by atoms with E-state index in [0.717, 1.165) is 23.2 Å². The Bertz CT molecular complexity index is 1340. The number of aromatic nitrogens is 4. The normalized spacial score (nSPS) is 11.5. The molecule has 7 heteroatoms. The summed E-state index contributed by atoms with van der Waals surface area (Å²) in [5, 5.41) is 1.19. The van der Waals surface area contributed by atoms with Crippen LogP contribution in [0.15, 0.2) is 72.2 Å². The Kier molecular flexibility index (Phi) is 4.44. The maximum Gasteiger partial charge on any atom is 0.199 e.